The zero-order valence-electron chi connectivity index (χ0n) is 15.0. The molecule has 1 atom stereocenters. The molecule has 6 heteroatoms. The van der Waals surface area contributed by atoms with Crippen LogP contribution in [0.1, 0.15) is 35.9 Å². The van der Waals surface area contributed by atoms with Gasteiger partial charge in [-0.3, -0.25) is 0 Å². The van der Waals surface area contributed by atoms with Crippen molar-refractivity contribution in [2.45, 2.75) is 32.4 Å². The Hall–Kier alpha value is -1.79. The third-order valence-corrected chi connectivity index (χ3v) is 5.64. The van der Waals surface area contributed by atoms with Gasteiger partial charge in [-0.2, -0.15) is 0 Å². The highest BCUT2D eigenvalue weighted by molar-refractivity contribution is 7.80. The quantitative estimate of drug-likeness (QED) is 0.816. The average Bonchev–Trinajstić information content (AvgIpc) is 3.12. The van der Waals surface area contributed by atoms with Crippen LogP contribution in [0.15, 0.2) is 29.6 Å². The van der Waals surface area contributed by atoms with Crippen LogP contribution in [0.4, 0.5) is 0 Å². The zero-order chi connectivity index (χ0) is 18.0. The predicted molar refractivity (Wildman–Crippen MR) is 107 cm³/mol. The minimum Gasteiger partial charge on any atom is -0.493 e. The van der Waals surface area contributed by atoms with E-state index in [0.29, 0.717) is 6.04 Å². The number of hydrogen-bond acceptors (Lipinski definition) is 4. The highest BCUT2D eigenvalue weighted by Gasteiger charge is 2.32. The highest BCUT2D eigenvalue weighted by atomic mass is 32.1. The van der Waals surface area contributed by atoms with Gasteiger partial charge in [-0.1, -0.05) is 6.07 Å². The van der Waals surface area contributed by atoms with Crippen molar-refractivity contribution in [1.29, 1.82) is 0 Å². The van der Waals surface area contributed by atoms with Crippen LogP contribution in [-0.4, -0.2) is 36.8 Å². The lowest BCUT2D eigenvalue weighted by Crippen LogP contribution is -2.47. The predicted octanol–water partition coefficient (Wildman–Crippen LogP) is 4.00. The summed E-state index contributed by atoms with van der Waals surface area (Å²) in [7, 11) is 3.35. The molecule has 25 heavy (non-hydrogen) atoms. The fourth-order valence-electron chi connectivity index (χ4n) is 3.25. The third-order valence-electron chi connectivity index (χ3n) is 4.36. The van der Waals surface area contributed by atoms with Crippen molar-refractivity contribution >= 4 is 28.7 Å². The molecule has 134 valence electrons. The lowest BCUT2D eigenvalue weighted by Gasteiger charge is -2.39. The van der Waals surface area contributed by atoms with Crippen molar-refractivity contribution in [2.75, 3.05) is 20.8 Å². The van der Waals surface area contributed by atoms with Gasteiger partial charge in [0.2, 0.25) is 0 Å². The van der Waals surface area contributed by atoms with Crippen LogP contribution < -0.4 is 14.8 Å². The molecule has 4 nitrogen and oxygen atoms in total. The lowest BCUT2D eigenvalue weighted by molar-refractivity contribution is 0.325. The average molecular weight is 377 g/mol. The molecule has 2 heterocycles. The van der Waals surface area contributed by atoms with E-state index >= 15 is 0 Å². The Balaban J connectivity index is 2.07. The summed E-state index contributed by atoms with van der Waals surface area (Å²) in [6, 6.07) is 8.87. The topological polar surface area (TPSA) is 33.7 Å². The molecule has 3 rings (SSSR count). The molecule has 2 aromatic rings. The molecule has 1 aliphatic heterocycles. The zero-order valence-corrected chi connectivity index (χ0v) is 16.7. The number of rotatable bonds is 4. The second-order valence-electron chi connectivity index (χ2n) is 6.37. The van der Waals surface area contributed by atoms with Gasteiger partial charge in [0.1, 0.15) is 0 Å². The Labute approximate surface area is 158 Å². The van der Waals surface area contributed by atoms with Crippen molar-refractivity contribution < 1.29 is 9.47 Å². The molecule has 1 N–H and O–H groups in total. The number of fused-ring (bicyclic) bond motifs is 1. The molecule has 1 aromatic heterocycles. The number of methoxy groups -OCH3 is 2. The first-order chi connectivity index (χ1) is 12.0. The second kappa shape index (κ2) is 7.62. The van der Waals surface area contributed by atoms with E-state index < -0.39 is 0 Å². The summed E-state index contributed by atoms with van der Waals surface area (Å²) in [5.74, 6) is 1.54. The van der Waals surface area contributed by atoms with Gasteiger partial charge >= 0.3 is 0 Å². The summed E-state index contributed by atoms with van der Waals surface area (Å²) in [6.07, 6.45) is 0.928. The molecule has 1 aliphatic rings. The molecule has 0 fully saturated rings. The van der Waals surface area contributed by atoms with Gasteiger partial charge < -0.3 is 19.7 Å². The van der Waals surface area contributed by atoms with Crippen molar-refractivity contribution in [1.82, 2.24) is 10.2 Å². The number of nitrogens with zero attached hydrogens (tertiary/aromatic N) is 1. The van der Waals surface area contributed by atoms with Gasteiger partial charge in [0, 0.05) is 17.5 Å². The molecule has 0 unspecified atom stereocenters. The first-order valence-corrected chi connectivity index (χ1v) is 9.69. The molecule has 0 radical (unpaired) electrons. The van der Waals surface area contributed by atoms with E-state index in [1.54, 1.807) is 25.6 Å². The molecule has 0 bridgehead atoms. The normalized spacial score (nSPS) is 16.5. The third kappa shape index (κ3) is 3.60. The monoisotopic (exact) mass is 376 g/mol. The molecular formula is C19H24N2O2S2. The van der Waals surface area contributed by atoms with E-state index in [-0.39, 0.29) is 6.04 Å². The van der Waals surface area contributed by atoms with E-state index in [1.807, 2.05) is 0 Å². The van der Waals surface area contributed by atoms with Gasteiger partial charge in [-0.25, -0.2) is 0 Å². The molecule has 0 aliphatic carbocycles. The van der Waals surface area contributed by atoms with Crippen LogP contribution in [0.2, 0.25) is 0 Å². The highest BCUT2D eigenvalue weighted by Crippen LogP contribution is 2.42. The minimum absolute atomic E-state index is 0.0994. The van der Waals surface area contributed by atoms with Crippen LogP contribution in [0.25, 0.3) is 0 Å². The van der Waals surface area contributed by atoms with Crippen LogP contribution in [0, 0.1) is 0 Å². The molecule has 0 amide bonds. The first kappa shape index (κ1) is 18.0. The van der Waals surface area contributed by atoms with Crippen LogP contribution in [0.5, 0.6) is 11.5 Å². The fraction of sp³-hybridized carbons (Fsp3) is 0.421. The number of benzene rings is 1. The summed E-state index contributed by atoms with van der Waals surface area (Å²) in [6.45, 7) is 5.10. The van der Waals surface area contributed by atoms with E-state index in [2.05, 4.69) is 53.7 Å². The Bertz CT molecular complexity index is 744. The van der Waals surface area contributed by atoms with Crippen molar-refractivity contribution in [3.05, 3.63) is 45.6 Å². The smallest absolute Gasteiger partial charge is 0.169 e. The van der Waals surface area contributed by atoms with Crippen LogP contribution in [-0.2, 0) is 6.42 Å². The van der Waals surface area contributed by atoms with Gasteiger partial charge in [-0.05, 0) is 67.2 Å². The maximum absolute atomic E-state index is 5.70. The van der Waals surface area contributed by atoms with Crippen molar-refractivity contribution in [3.8, 4) is 11.5 Å². The maximum Gasteiger partial charge on any atom is 0.169 e. The minimum atomic E-state index is 0.0994. The number of hydrogen-bond donors (Lipinski definition) is 1. The molecule has 0 saturated heterocycles. The summed E-state index contributed by atoms with van der Waals surface area (Å²) < 4.78 is 11.0. The lowest BCUT2D eigenvalue weighted by atomic mass is 9.91. The summed E-state index contributed by atoms with van der Waals surface area (Å²) in [4.78, 5) is 3.57. The summed E-state index contributed by atoms with van der Waals surface area (Å²) in [5, 5.41) is 6.30. The Kier molecular flexibility index (Phi) is 5.49. The number of ether oxygens (including phenoxy) is 2. The Morgan fingerprint density at radius 1 is 1.28 bits per heavy atom. The van der Waals surface area contributed by atoms with Crippen molar-refractivity contribution in [3.63, 3.8) is 0 Å². The van der Waals surface area contributed by atoms with Gasteiger partial charge in [0.25, 0.3) is 0 Å². The summed E-state index contributed by atoms with van der Waals surface area (Å²) in [5.41, 5.74) is 2.53. The Morgan fingerprint density at radius 3 is 2.60 bits per heavy atom. The number of thiophene rings is 1. The SMILES string of the molecule is COc1cc2c(cc1OC)[C@H](c1cccs1)N(C(=S)NC(C)C)CC2. The number of thiocarbonyl (C=S) groups is 1. The van der Waals surface area contributed by atoms with Gasteiger partial charge in [0.05, 0.1) is 20.3 Å². The van der Waals surface area contributed by atoms with Gasteiger partial charge in [0.15, 0.2) is 16.6 Å². The van der Waals surface area contributed by atoms with Crippen LogP contribution >= 0.6 is 23.6 Å². The molecular weight excluding hydrogens is 352 g/mol. The largest absolute Gasteiger partial charge is 0.493 e. The van der Waals surface area contributed by atoms with E-state index in [0.717, 1.165) is 29.6 Å². The van der Waals surface area contributed by atoms with E-state index in [9.17, 15) is 0 Å². The van der Waals surface area contributed by atoms with Crippen LogP contribution in [0.3, 0.4) is 0 Å². The fourth-order valence-corrected chi connectivity index (χ4v) is 4.54. The van der Waals surface area contributed by atoms with E-state index in [4.69, 9.17) is 21.7 Å². The number of nitrogens with one attached hydrogen (secondary N) is 1. The second-order valence-corrected chi connectivity index (χ2v) is 7.74. The standard InChI is InChI=1S/C19H24N2O2S2/c1-12(2)20-19(24)21-8-7-13-10-15(22-3)16(23-4)11-14(13)18(21)17-6-5-9-25-17/h5-6,9-12,18H,7-8H2,1-4H3,(H,20,24)/t18-/m1/s1. The Morgan fingerprint density at radius 2 is 2.00 bits per heavy atom. The van der Waals surface area contributed by atoms with Gasteiger partial charge in [-0.15, -0.1) is 11.3 Å². The molecule has 0 spiro atoms. The summed E-state index contributed by atoms with van der Waals surface area (Å²) >= 11 is 7.46. The first-order valence-electron chi connectivity index (χ1n) is 8.40. The van der Waals surface area contributed by atoms with Crippen molar-refractivity contribution in [2.24, 2.45) is 0 Å². The molecule has 0 saturated carbocycles. The maximum atomic E-state index is 5.70. The molecule has 1 aromatic carbocycles. The van der Waals surface area contributed by atoms with E-state index in [1.165, 1.54) is 16.0 Å².